The molecular weight excluding hydrogens is 459 g/mol. The molecular formula is C27H40OSn. The van der Waals surface area contributed by atoms with Gasteiger partial charge in [-0.15, -0.1) is 0 Å². The van der Waals surface area contributed by atoms with E-state index in [1.54, 1.807) is 0 Å². The van der Waals surface area contributed by atoms with E-state index in [9.17, 15) is 5.11 Å². The third kappa shape index (κ3) is 7.29. The normalized spacial score (nSPS) is 13.4. The molecule has 2 rings (SSSR count). The van der Waals surface area contributed by atoms with Crippen molar-refractivity contribution in [2.45, 2.75) is 78.7 Å². The van der Waals surface area contributed by atoms with Gasteiger partial charge < -0.3 is 0 Å². The molecule has 0 bridgehead atoms. The molecule has 0 saturated heterocycles. The van der Waals surface area contributed by atoms with E-state index in [4.69, 9.17) is 0 Å². The molecule has 2 heteroatoms. The van der Waals surface area contributed by atoms with E-state index in [0.29, 0.717) is 0 Å². The molecule has 2 aromatic rings. The van der Waals surface area contributed by atoms with Gasteiger partial charge in [0.25, 0.3) is 0 Å². The number of hydrogen-bond acceptors (Lipinski definition) is 1. The van der Waals surface area contributed by atoms with Crippen LogP contribution in [0.15, 0.2) is 64.3 Å². The van der Waals surface area contributed by atoms with Gasteiger partial charge in [-0.05, 0) is 0 Å². The number of unbranched alkanes of at least 4 members (excludes halogenated alkanes) is 3. The van der Waals surface area contributed by atoms with E-state index in [0.717, 1.165) is 5.56 Å². The van der Waals surface area contributed by atoms with Gasteiger partial charge >= 0.3 is 184 Å². The second-order valence-electron chi connectivity index (χ2n) is 8.41. The van der Waals surface area contributed by atoms with Crippen LogP contribution in [0.1, 0.15) is 76.5 Å². The molecule has 0 radical (unpaired) electrons. The summed E-state index contributed by atoms with van der Waals surface area (Å²) in [4.78, 5) is 0. The average Bonchev–Trinajstić information content (AvgIpc) is 2.78. The molecule has 2 aromatic carbocycles. The van der Waals surface area contributed by atoms with E-state index >= 15 is 0 Å². The zero-order chi connectivity index (χ0) is 21.0. The molecule has 0 amide bonds. The van der Waals surface area contributed by atoms with Crippen molar-refractivity contribution in [3.63, 3.8) is 0 Å². The molecule has 0 aliphatic carbocycles. The molecule has 1 unspecified atom stereocenters. The first-order chi connectivity index (χ1) is 14.2. The summed E-state index contributed by atoms with van der Waals surface area (Å²) in [5.41, 5.74) is 2.29. The minimum atomic E-state index is -2.76. The van der Waals surface area contributed by atoms with Gasteiger partial charge in [0.2, 0.25) is 0 Å². The monoisotopic (exact) mass is 500 g/mol. The number of benzene rings is 2. The van der Waals surface area contributed by atoms with Gasteiger partial charge in [-0.25, -0.2) is 0 Å². The van der Waals surface area contributed by atoms with Gasteiger partial charge in [-0.1, -0.05) is 0 Å². The Bertz CT molecular complexity index is 686. The Hall–Kier alpha value is -1.06. The van der Waals surface area contributed by atoms with Crippen LogP contribution >= 0.6 is 0 Å². The summed E-state index contributed by atoms with van der Waals surface area (Å²) < 4.78 is 5.53. The summed E-state index contributed by atoms with van der Waals surface area (Å²) in [7, 11) is 0. The van der Waals surface area contributed by atoms with Gasteiger partial charge in [0, 0.05) is 0 Å². The van der Waals surface area contributed by atoms with Gasteiger partial charge in [-0.2, -0.15) is 0 Å². The number of aliphatic hydroxyl groups is 1. The first-order valence-corrected chi connectivity index (χ1v) is 19.1. The fourth-order valence-electron chi connectivity index (χ4n) is 4.42. The van der Waals surface area contributed by atoms with Crippen molar-refractivity contribution in [2.75, 3.05) is 0 Å². The summed E-state index contributed by atoms with van der Waals surface area (Å²) in [6, 6.07) is 21.0. The average molecular weight is 499 g/mol. The van der Waals surface area contributed by atoms with Crippen LogP contribution in [-0.2, 0) is 0 Å². The van der Waals surface area contributed by atoms with Crippen molar-refractivity contribution in [3.8, 4) is 0 Å². The van der Waals surface area contributed by atoms with Gasteiger partial charge in [0.15, 0.2) is 0 Å². The van der Waals surface area contributed by atoms with Crippen molar-refractivity contribution in [2.24, 2.45) is 0 Å². The second kappa shape index (κ2) is 13.3. The quantitative estimate of drug-likeness (QED) is 0.276. The Morgan fingerprint density at radius 3 is 1.66 bits per heavy atom. The summed E-state index contributed by atoms with van der Waals surface area (Å²) >= 11 is -2.76. The van der Waals surface area contributed by atoms with Crippen LogP contribution in [0.4, 0.5) is 0 Å². The molecule has 0 aliphatic heterocycles. The molecule has 0 aromatic heterocycles. The van der Waals surface area contributed by atoms with E-state index in [1.807, 2.05) is 6.07 Å². The standard InChI is InChI=1S/C15H13O.3C4H9.Sn/c16-15(14-9-5-2-6-10-14)12-11-13-7-3-1-4-8-13;3*1-3-4-2;/h1-11,15-16H;3*1,3-4H2,2H3;. The predicted octanol–water partition coefficient (Wildman–Crippen LogP) is 8.19. The van der Waals surface area contributed by atoms with Crippen LogP contribution in [-0.4, -0.2) is 23.5 Å². The Morgan fingerprint density at radius 2 is 1.21 bits per heavy atom. The molecule has 0 aliphatic rings. The summed E-state index contributed by atoms with van der Waals surface area (Å²) in [5.74, 6) is 0. The predicted molar refractivity (Wildman–Crippen MR) is 131 cm³/mol. The second-order valence-corrected chi connectivity index (χ2v) is 21.7. The van der Waals surface area contributed by atoms with Crippen LogP contribution in [0.5, 0.6) is 0 Å². The van der Waals surface area contributed by atoms with E-state index in [1.165, 1.54) is 61.0 Å². The maximum atomic E-state index is 11.7. The SMILES string of the molecule is CCC[CH2][Sn]([CH2]CCC)([CH2]CCC)/[C](=C\c1ccccc1)C(O)c1ccccc1. The van der Waals surface area contributed by atoms with Gasteiger partial charge in [-0.3, -0.25) is 0 Å². The Kier molecular flexibility index (Phi) is 11.1. The fourth-order valence-corrected chi connectivity index (χ4v) is 21.3. The topological polar surface area (TPSA) is 20.2 Å². The van der Waals surface area contributed by atoms with E-state index < -0.39 is 24.5 Å². The Morgan fingerprint density at radius 1 is 0.759 bits per heavy atom. The van der Waals surface area contributed by atoms with Crippen molar-refractivity contribution < 1.29 is 5.11 Å². The molecule has 29 heavy (non-hydrogen) atoms. The Balaban J connectivity index is 2.58. The van der Waals surface area contributed by atoms with Crippen LogP contribution < -0.4 is 0 Å². The third-order valence-corrected chi connectivity index (χ3v) is 22.1. The number of hydrogen-bond donors (Lipinski definition) is 1. The molecule has 0 heterocycles. The number of aliphatic hydroxyl groups excluding tert-OH is 1. The van der Waals surface area contributed by atoms with Gasteiger partial charge in [0.1, 0.15) is 0 Å². The first-order valence-electron chi connectivity index (χ1n) is 11.7. The zero-order valence-electron chi connectivity index (χ0n) is 18.7. The molecule has 0 spiro atoms. The van der Waals surface area contributed by atoms with E-state index in [2.05, 4.69) is 81.4 Å². The van der Waals surface area contributed by atoms with Crippen molar-refractivity contribution in [1.29, 1.82) is 0 Å². The third-order valence-electron chi connectivity index (χ3n) is 6.17. The first kappa shape index (κ1) is 24.2. The van der Waals surface area contributed by atoms with Crippen molar-refractivity contribution in [3.05, 3.63) is 75.4 Å². The molecule has 0 saturated carbocycles. The summed E-state index contributed by atoms with van der Waals surface area (Å²) in [6.45, 7) is 6.93. The summed E-state index contributed by atoms with van der Waals surface area (Å²) in [5, 5.41) is 11.7. The zero-order valence-corrected chi connectivity index (χ0v) is 21.6. The van der Waals surface area contributed by atoms with E-state index in [-0.39, 0.29) is 0 Å². The van der Waals surface area contributed by atoms with Crippen LogP contribution in [0, 0.1) is 0 Å². The summed E-state index contributed by atoms with van der Waals surface area (Å²) in [6.07, 6.45) is 9.57. The minimum absolute atomic E-state index is 0.460. The molecule has 0 fully saturated rings. The maximum absolute atomic E-state index is 11.7. The number of rotatable bonds is 13. The van der Waals surface area contributed by atoms with Crippen LogP contribution in [0.25, 0.3) is 6.08 Å². The van der Waals surface area contributed by atoms with Crippen molar-refractivity contribution >= 4 is 24.5 Å². The molecule has 1 nitrogen and oxygen atoms in total. The van der Waals surface area contributed by atoms with Gasteiger partial charge in [0.05, 0.1) is 0 Å². The molecule has 158 valence electrons. The molecule has 1 atom stereocenters. The van der Waals surface area contributed by atoms with Crippen LogP contribution in [0.2, 0.25) is 13.3 Å². The van der Waals surface area contributed by atoms with Crippen LogP contribution in [0.3, 0.4) is 0 Å². The fraction of sp³-hybridized carbons (Fsp3) is 0.481. The Labute approximate surface area is 183 Å². The van der Waals surface area contributed by atoms with Crippen molar-refractivity contribution in [1.82, 2.24) is 0 Å². The molecule has 1 N–H and O–H groups in total.